The number of carbonyl (C=O) groups excluding carboxylic acids is 1. The summed E-state index contributed by atoms with van der Waals surface area (Å²) in [6, 6.07) is 0. The van der Waals surface area contributed by atoms with E-state index in [-0.39, 0.29) is 5.91 Å². The van der Waals surface area contributed by atoms with E-state index >= 15 is 0 Å². The molecule has 0 aromatic carbocycles. The molecule has 0 aliphatic carbocycles. The Balaban J connectivity index is 3.32. The summed E-state index contributed by atoms with van der Waals surface area (Å²) in [5.41, 5.74) is 1.59. The maximum Gasteiger partial charge on any atom is 0.229 e. The SMILES string of the molecule is CCNC(=O)CCNC=NN[N+](=O)[O-]. The molecule has 14 heavy (non-hydrogen) atoms. The van der Waals surface area contributed by atoms with Crippen LogP contribution < -0.4 is 16.2 Å². The van der Waals surface area contributed by atoms with Crippen molar-refractivity contribution in [2.24, 2.45) is 5.10 Å². The fourth-order valence-electron chi connectivity index (χ4n) is 0.657. The van der Waals surface area contributed by atoms with Crippen LogP contribution in [-0.4, -0.2) is 30.4 Å². The molecule has 1 amide bonds. The zero-order valence-electron chi connectivity index (χ0n) is 7.82. The number of nitrogens with zero attached hydrogens (tertiary/aromatic N) is 2. The number of rotatable bonds is 7. The van der Waals surface area contributed by atoms with Crippen LogP contribution in [0.25, 0.3) is 0 Å². The van der Waals surface area contributed by atoms with Gasteiger partial charge in [-0.3, -0.25) is 4.79 Å². The third kappa shape index (κ3) is 8.24. The summed E-state index contributed by atoms with van der Waals surface area (Å²) in [7, 11) is 0. The fraction of sp³-hybridized carbons (Fsp3) is 0.667. The maximum atomic E-state index is 10.9. The molecule has 0 fully saturated rings. The van der Waals surface area contributed by atoms with Crippen molar-refractivity contribution < 1.29 is 9.83 Å². The number of hydrazone groups is 1. The minimum Gasteiger partial charge on any atom is -0.356 e. The molecule has 0 unspecified atom stereocenters. The smallest absolute Gasteiger partial charge is 0.229 e. The number of hydrazine groups is 1. The second-order valence-electron chi connectivity index (χ2n) is 2.27. The molecule has 0 saturated heterocycles. The van der Waals surface area contributed by atoms with Gasteiger partial charge in [-0.1, -0.05) is 0 Å². The predicted molar refractivity (Wildman–Crippen MR) is 49.9 cm³/mol. The predicted octanol–water partition coefficient (Wildman–Crippen LogP) is -1.17. The van der Waals surface area contributed by atoms with Gasteiger partial charge in [-0.25, -0.2) is 0 Å². The van der Waals surface area contributed by atoms with Gasteiger partial charge in [-0.15, -0.1) is 0 Å². The topological polar surface area (TPSA) is 109 Å². The summed E-state index contributed by atoms with van der Waals surface area (Å²) in [5.74, 6) is -0.0735. The number of hydrogen-bond acceptors (Lipinski definition) is 4. The Hall–Kier alpha value is -1.86. The third-order valence-corrected chi connectivity index (χ3v) is 1.17. The molecular weight excluding hydrogens is 190 g/mol. The highest BCUT2D eigenvalue weighted by molar-refractivity contribution is 5.76. The Morgan fingerprint density at radius 3 is 2.93 bits per heavy atom. The average molecular weight is 203 g/mol. The van der Waals surface area contributed by atoms with Crippen LogP contribution >= 0.6 is 0 Å². The third-order valence-electron chi connectivity index (χ3n) is 1.17. The van der Waals surface area contributed by atoms with E-state index in [0.717, 1.165) is 6.34 Å². The van der Waals surface area contributed by atoms with Crippen molar-refractivity contribution in [1.82, 2.24) is 16.2 Å². The monoisotopic (exact) mass is 203 g/mol. The quantitative estimate of drug-likeness (QED) is 0.159. The van der Waals surface area contributed by atoms with Gasteiger partial charge in [0, 0.05) is 19.5 Å². The molecule has 8 nitrogen and oxygen atoms in total. The molecule has 0 aliphatic heterocycles. The zero-order valence-corrected chi connectivity index (χ0v) is 7.82. The molecule has 0 atom stereocenters. The Bertz CT molecular complexity index is 218. The van der Waals surface area contributed by atoms with E-state index in [1.165, 1.54) is 0 Å². The van der Waals surface area contributed by atoms with Gasteiger partial charge in [0.05, 0.1) is 10.1 Å². The second-order valence-corrected chi connectivity index (χ2v) is 2.27. The van der Waals surface area contributed by atoms with Crippen molar-refractivity contribution in [3.05, 3.63) is 10.1 Å². The summed E-state index contributed by atoms with van der Waals surface area (Å²) < 4.78 is 0. The highest BCUT2D eigenvalue weighted by Crippen LogP contribution is 1.74. The lowest BCUT2D eigenvalue weighted by Crippen LogP contribution is -2.27. The zero-order chi connectivity index (χ0) is 10.8. The van der Waals surface area contributed by atoms with E-state index in [1.807, 2.05) is 6.92 Å². The number of hydrogen-bond donors (Lipinski definition) is 3. The van der Waals surface area contributed by atoms with Crippen molar-refractivity contribution in [3.8, 4) is 0 Å². The Labute approximate surface area is 80.9 Å². The van der Waals surface area contributed by atoms with Gasteiger partial charge in [0.2, 0.25) is 12.2 Å². The van der Waals surface area contributed by atoms with E-state index in [0.29, 0.717) is 19.5 Å². The van der Waals surface area contributed by atoms with E-state index < -0.39 is 5.03 Å². The van der Waals surface area contributed by atoms with Crippen molar-refractivity contribution in [3.63, 3.8) is 0 Å². The lowest BCUT2D eigenvalue weighted by Gasteiger charge is -1.99. The van der Waals surface area contributed by atoms with Crippen molar-refractivity contribution >= 4 is 12.2 Å². The minimum absolute atomic E-state index is 0.0735. The molecule has 0 spiro atoms. The maximum absolute atomic E-state index is 10.9. The molecule has 0 rings (SSSR count). The van der Waals surface area contributed by atoms with Gasteiger partial charge in [0.25, 0.3) is 0 Å². The molecule has 3 N–H and O–H groups in total. The van der Waals surface area contributed by atoms with E-state index in [4.69, 9.17) is 0 Å². The minimum atomic E-state index is -0.790. The van der Waals surface area contributed by atoms with Gasteiger partial charge < -0.3 is 20.7 Å². The summed E-state index contributed by atoms with van der Waals surface area (Å²) >= 11 is 0. The lowest BCUT2D eigenvalue weighted by molar-refractivity contribution is -0.544. The van der Waals surface area contributed by atoms with Gasteiger partial charge in [-0.05, 0) is 12.5 Å². The fourth-order valence-corrected chi connectivity index (χ4v) is 0.657. The van der Waals surface area contributed by atoms with Crippen LogP contribution in [0.4, 0.5) is 0 Å². The Morgan fingerprint density at radius 1 is 1.64 bits per heavy atom. The molecule has 0 bridgehead atoms. The molecule has 0 aliphatic rings. The van der Waals surface area contributed by atoms with Crippen LogP contribution in [0.5, 0.6) is 0 Å². The molecule has 8 heteroatoms. The second kappa shape index (κ2) is 7.77. The Kier molecular flexibility index (Phi) is 6.74. The van der Waals surface area contributed by atoms with Crippen LogP contribution in [-0.2, 0) is 4.79 Å². The standard InChI is InChI=1S/C6H13N5O3/c1-2-8-6(12)3-4-7-5-9-10-11(13)14/h5,10H,2-4H2,1H3,(H,7,9)(H,8,12). The van der Waals surface area contributed by atoms with E-state index in [9.17, 15) is 14.9 Å². The van der Waals surface area contributed by atoms with Crippen LogP contribution in [0.15, 0.2) is 5.10 Å². The molecule has 0 saturated carbocycles. The van der Waals surface area contributed by atoms with Gasteiger partial charge in [-0.2, -0.15) is 0 Å². The van der Waals surface area contributed by atoms with Crippen LogP contribution in [0.2, 0.25) is 0 Å². The number of nitrogens with one attached hydrogen (secondary N) is 3. The van der Waals surface area contributed by atoms with Crippen molar-refractivity contribution in [2.45, 2.75) is 13.3 Å². The first-order valence-corrected chi connectivity index (χ1v) is 4.08. The van der Waals surface area contributed by atoms with Gasteiger partial charge >= 0.3 is 0 Å². The average Bonchev–Trinajstić information content (AvgIpc) is 2.11. The van der Waals surface area contributed by atoms with Crippen LogP contribution in [0.3, 0.4) is 0 Å². The van der Waals surface area contributed by atoms with Crippen molar-refractivity contribution in [2.75, 3.05) is 13.1 Å². The molecule has 0 aromatic heterocycles. The Morgan fingerprint density at radius 2 is 2.36 bits per heavy atom. The largest absolute Gasteiger partial charge is 0.356 e. The highest BCUT2D eigenvalue weighted by Gasteiger charge is 1.96. The summed E-state index contributed by atoms with van der Waals surface area (Å²) in [5, 5.41) is 17.3. The lowest BCUT2D eigenvalue weighted by atomic mass is 10.4. The molecule has 0 heterocycles. The van der Waals surface area contributed by atoms with Crippen LogP contribution in [0.1, 0.15) is 13.3 Å². The highest BCUT2D eigenvalue weighted by atomic mass is 16.7. The van der Waals surface area contributed by atoms with Crippen molar-refractivity contribution in [1.29, 1.82) is 0 Å². The van der Waals surface area contributed by atoms with Gasteiger partial charge in [0.1, 0.15) is 0 Å². The summed E-state index contributed by atoms with van der Waals surface area (Å²) in [6.45, 7) is 2.80. The normalized spacial score (nSPS) is 9.79. The number of nitro groups is 1. The number of amides is 1. The van der Waals surface area contributed by atoms with E-state index in [1.54, 1.807) is 5.53 Å². The van der Waals surface area contributed by atoms with Gasteiger partial charge in [0.15, 0.2) is 0 Å². The first-order chi connectivity index (χ1) is 6.66. The number of carbonyl (C=O) groups is 1. The molecule has 0 radical (unpaired) electrons. The molecule has 0 aromatic rings. The summed E-state index contributed by atoms with van der Waals surface area (Å²) in [4.78, 5) is 20.6. The molecule has 80 valence electrons. The molecular formula is C6H13N5O3. The first-order valence-electron chi connectivity index (χ1n) is 4.08. The van der Waals surface area contributed by atoms with E-state index in [2.05, 4.69) is 15.7 Å². The van der Waals surface area contributed by atoms with Crippen LogP contribution in [0, 0.1) is 10.1 Å². The first kappa shape index (κ1) is 12.1. The summed E-state index contributed by atoms with van der Waals surface area (Å²) in [6.07, 6.45) is 1.43.